The largest absolute Gasteiger partial charge is 0.481 e. The molecule has 2 fully saturated rings. The summed E-state index contributed by atoms with van der Waals surface area (Å²) in [4.78, 5) is 13.5. The van der Waals surface area contributed by atoms with Crippen LogP contribution in [0.2, 0.25) is 0 Å². The van der Waals surface area contributed by atoms with E-state index in [1.165, 1.54) is 25.7 Å². The first kappa shape index (κ1) is 14.2. The van der Waals surface area contributed by atoms with Crippen molar-refractivity contribution >= 4 is 17.7 Å². The van der Waals surface area contributed by atoms with E-state index in [0.717, 1.165) is 18.1 Å². The van der Waals surface area contributed by atoms with Crippen molar-refractivity contribution in [2.75, 3.05) is 18.1 Å². The molecule has 1 saturated heterocycles. The maximum Gasteiger partial charge on any atom is 0.304 e. The van der Waals surface area contributed by atoms with Crippen LogP contribution in [-0.2, 0) is 4.79 Å². The first-order valence-corrected chi connectivity index (χ1v) is 8.19. The second kappa shape index (κ2) is 5.83. The van der Waals surface area contributed by atoms with Crippen LogP contribution in [0.1, 0.15) is 46.0 Å². The maximum absolute atomic E-state index is 11.0. The normalized spacial score (nSPS) is 30.2. The summed E-state index contributed by atoms with van der Waals surface area (Å²) >= 11 is 1.91. The van der Waals surface area contributed by atoms with Gasteiger partial charge in [-0.3, -0.25) is 9.69 Å². The van der Waals surface area contributed by atoms with Crippen LogP contribution in [-0.4, -0.2) is 46.1 Å². The standard InChI is InChI=1S/C14H25NO2S/c1-14(2)5-3-11(4-6-14)15-7-8-18-10-12(15)9-13(16)17/h11-12H,3-10H2,1-2H3,(H,16,17). The van der Waals surface area contributed by atoms with E-state index in [2.05, 4.69) is 18.7 Å². The van der Waals surface area contributed by atoms with Crippen molar-refractivity contribution in [3.05, 3.63) is 0 Å². The molecule has 0 radical (unpaired) electrons. The lowest BCUT2D eigenvalue weighted by Crippen LogP contribution is -2.50. The fourth-order valence-electron chi connectivity index (χ4n) is 3.24. The number of rotatable bonds is 3. The minimum Gasteiger partial charge on any atom is -0.481 e. The Bertz CT molecular complexity index is 296. The van der Waals surface area contributed by atoms with Gasteiger partial charge in [0.1, 0.15) is 0 Å². The molecule has 0 aromatic heterocycles. The quantitative estimate of drug-likeness (QED) is 0.857. The summed E-state index contributed by atoms with van der Waals surface area (Å²) < 4.78 is 0. The van der Waals surface area contributed by atoms with Crippen molar-refractivity contribution in [1.82, 2.24) is 4.90 Å². The average Bonchev–Trinajstić information content (AvgIpc) is 2.29. The van der Waals surface area contributed by atoms with Crippen molar-refractivity contribution in [2.24, 2.45) is 5.41 Å². The first-order chi connectivity index (χ1) is 8.48. The number of thioether (sulfide) groups is 1. The Morgan fingerprint density at radius 3 is 2.67 bits per heavy atom. The molecule has 1 unspecified atom stereocenters. The lowest BCUT2D eigenvalue weighted by molar-refractivity contribution is -0.138. The van der Waals surface area contributed by atoms with Crippen molar-refractivity contribution in [1.29, 1.82) is 0 Å². The summed E-state index contributed by atoms with van der Waals surface area (Å²) in [6.45, 7) is 5.78. The number of aliphatic carboxylic acids is 1. The van der Waals surface area contributed by atoms with Gasteiger partial charge in [0.15, 0.2) is 0 Å². The third-order valence-electron chi connectivity index (χ3n) is 4.46. The number of nitrogens with zero attached hydrogens (tertiary/aromatic N) is 1. The van der Waals surface area contributed by atoms with E-state index < -0.39 is 5.97 Å². The van der Waals surface area contributed by atoms with Gasteiger partial charge in [-0.1, -0.05) is 13.8 Å². The zero-order chi connectivity index (χ0) is 13.2. The molecule has 0 aromatic rings. The highest BCUT2D eigenvalue weighted by Gasteiger charge is 2.35. The molecule has 1 N–H and O–H groups in total. The fraction of sp³-hybridized carbons (Fsp3) is 0.929. The smallest absolute Gasteiger partial charge is 0.304 e. The van der Waals surface area contributed by atoms with Crippen LogP contribution < -0.4 is 0 Å². The van der Waals surface area contributed by atoms with Crippen molar-refractivity contribution in [3.8, 4) is 0 Å². The molecule has 2 aliphatic rings. The number of carboxylic acids is 1. The van der Waals surface area contributed by atoms with E-state index in [1.807, 2.05) is 11.8 Å². The topological polar surface area (TPSA) is 40.5 Å². The van der Waals surface area contributed by atoms with Crippen LogP contribution in [0.5, 0.6) is 0 Å². The Balaban J connectivity index is 1.94. The van der Waals surface area contributed by atoms with E-state index in [4.69, 9.17) is 5.11 Å². The minimum absolute atomic E-state index is 0.257. The molecule has 1 aliphatic carbocycles. The van der Waals surface area contributed by atoms with Crippen molar-refractivity contribution < 1.29 is 9.90 Å². The number of hydrogen-bond donors (Lipinski definition) is 1. The molecule has 0 aromatic carbocycles. The summed E-state index contributed by atoms with van der Waals surface area (Å²) in [6, 6.07) is 0.885. The van der Waals surface area contributed by atoms with Gasteiger partial charge < -0.3 is 5.11 Å². The van der Waals surface area contributed by atoms with Gasteiger partial charge in [0.2, 0.25) is 0 Å². The van der Waals surface area contributed by atoms with Crippen LogP contribution in [0.25, 0.3) is 0 Å². The lowest BCUT2D eigenvalue weighted by atomic mass is 9.75. The molecule has 18 heavy (non-hydrogen) atoms. The molecule has 104 valence electrons. The number of carbonyl (C=O) groups is 1. The summed E-state index contributed by atoms with van der Waals surface area (Å²) in [7, 11) is 0. The van der Waals surface area contributed by atoms with E-state index in [9.17, 15) is 4.79 Å². The zero-order valence-corrected chi connectivity index (χ0v) is 12.3. The Morgan fingerprint density at radius 1 is 1.39 bits per heavy atom. The van der Waals surface area contributed by atoms with E-state index in [-0.39, 0.29) is 6.04 Å². The number of hydrogen-bond acceptors (Lipinski definition) is 3. The third kappa shape index (κ3) is 3.64. The van der Waals surface area contributed by atoms with Crippen LogP contribution >= 0.6 is 11.8 Å². The Hall–Kier alpha value is -0.220. The zero-order valence-electron chi connectivity index (χ0n) is 11.5. The second-order valence-electron chi connectivity index (χ2n) is 6.46. The van der Waals surface area contributed by atoms with Crippen LogP contribution in [0.15, 0.2) is 0 Å². The third-order valence-corrected chi connectivity index (χ3v) is 5.55. The summed E-state index contributed by atoms with van der Waals surface area (Å²) in [5, 5.41) is 9.03. The molecule has 2 rings (SSSR count). The highest BCUT2D eigenvalue weighted by Crippen LogP contribution is 2.38. The highest BCUT2D eigenvalue weighted by atomic mass is 32.2. The number of carboxylic acid groups (broad SMARTS) is 1. The average molecular weight is 271 g/mol. The predicted octanol–water partition coefficient (Wildman–Crippen LogP) is 2.85. The fourth-order valence-corrected chi connectivity index (χ4v) is 4.33. The highest BCUT2D eigenvalue weighted by molar-refractivity contribution is 7.99. The van der Waals surface area contributed by atoms with Crippen molar-refractivity contribution in [3.63, 3.8) is 0 Å². The van der Waals surface area contributed by atoms with Gasteiger partial charge in [0.25, 0.3) is 0 Å². The molecule has 1 saturated carbocycles. The summed E-state index contributed by atoms with van der Waals surface area (Å²) in [6.07, 6.45) is 5.36. The van der Waals surface area contributed by atoms with E-state index in [1.54, 1.807) is 0 Å². The Labute approximate surface area is 114 Å². The van der Waals surface area contributed by atoms with Crippen LogP contribution in [0.3, 0.4) is 0 Å². The monoisotopic (exact) mass is 271 g/mol. The molecule has 0 spiro atoms. The lowest BCUT2D eigenvalue weighted by Gasteiger charge is -2.45. The van der Waals surface area contributed by atoms with Gasteiger partial charge in [0.05, 0.1) is 6.42 Å². The van der Waals surface area contributed by atoms with Gasteiger partial charge in [-0.15, -0.1) is 0 Å². The molecule has 0 amide bonds. The van der Waals surface area contributed by atoms with E-state index in [0.29, 0.717) is 17.9 Å². The van der Waals surface area contributed by atoms with E-state index >= 15 is 0 Å². The molecular weight excluding hydrogens is 246 g/mol. The van der Waals surface area contributed by atoms with Crippen molar-refractivity contribution in [2.45, 2.75) is 58.0 Å². The van der Waals surface area contributed by atoms with Gasteiger partial charge >= 0.3 is 5.97 Å². The SMILES string of the molecule is CC1(C)CCC(N2CCSCC2CC(=O)O)CC1. The van der Waals surface area contributed by atoms with Gasteiger partial charge in [-0.25, -0.2) is 0 Å². The summed E-state index contributed by atoms with van der Waals surface area (Å²) in [5.41, 5.74) is 0.489. The maximum atomic E-state index is 11.0. The van der Waals surface area contributed by atoms with Gasteiger partial charge in [0, 0.05) is 30.1 Å². The Morgan fingerprint density at radius 2 is 2.06 bits per heavy atom. The molecule has 1 aliphatic heterocycles. The predicted molar refractivity (Wildman–Crippen MR) is 76.1 cm³/mol. The Kier molecular flexibility index (Phi) is 4.59. The van der Waals surface area contributed by atoms with Gasteiger partial charge in [-0.05, 0) is 31.1 Å². The van der Waals surface area contributed by atoms with Gasteiger partial charge in [-0.2, -0.15) is 11.8 Å². The van der Waals surface area contributed by atoms with Crippen LogP contribution in [0, 0.1) is 5.41 Å². The molecule has 3 nitrogen and oxygen atoms in total. The molecule has 0 bridgehead atoms. The first-order valence-electron chi connectivity index (χ1n) is 7.03. The molecule has 1 heterocycles. The molecular formula is C14H25NO2S. The molecule has 1 atom stereocenters. The molecule has 4 heteroatoms. The summed E-state index contributed by atoms with van der Waals surface area (Å²) in [5.74, 6) is 1.51. The second-order valence-corrected chi connectivity index (χ2v) is 7.61. The minimum atomic E-state index is -0.649. The van der Waals surface area contributed by atoms with Crippen LogP contribution in [0.4, 0.5) is 0 Å².